The second-order valence-corrected chi connectivity index (χ2v) is 7.13. The van der Waals surface area contributed by atoms with Gasteiger partial charge in [0.15, 0.2) is 0 Å². The Hall–Kier alpha value is -1.30. The highest BCUT2D eigenvalue weighted by molar-refractivity contribution is 7.10. The van der Waals surface area contributed by atoms with E-state index in [9.17, 15) is 0 Å². The van der Waals surface area contributed by atoms with Crippen LogP contribution in [0.15, 0.2) is 30.0 Å². The number of nitrogens with zero attached hydrogens (tertiary/aromatic N) is 4. The molecule has 0 N–H and O–H groups in total. The van der Waals surface area contributed by atoms with E-state index < -0.39 is 0 Å². The summed E-state index contributed by atoms with van der Waals surface area (Å²) < 4.78 is 0. The van der Waals surface area contributed by atoms with Gasteiger partial charge in [-0.15, -0.1) is 11.3 Å². The molecule has 0 amide bonds. The van der Waals surface area contributed by atoms with E-state index >= 15 is 0 Å². The molecule has 0 spiro atoms. The maximum atomic E-state index is 4.36. The van der Waals surface area contributed by atoms with E-state index in [1.807, 2.05) is 23.6 Å². The van der Waals surface area contributed by atoms with Crippen molar-refractivity contribution in [3.63, 3.8) is 0 Å². The van der Waals surface area contributed by atoms with Crippen LogP contribution in [0.2, 0.25) is 0 Å². The molecule has 0 aromatic carbocycles. The minimum atomic E-state index is 0.298. The summed E-state index contributed by atoms with van der Waals surface area (Å²) in [5, 5.41) is 2.32. The summed E-state index contributed by atoms with van der Waals surface area (Å²) in [5.74, 6) is 0. The Labute approximate surface area is 136 Å². The van der Waals surface area contributed by atoms with Crippen LogP contribution in [0.5, 0.6) is 0 Å². The molecular formula is C17H24N4S. The molecule has 5 heteroatoms. The summed E-state index contributed by atoms with van der Waals surface area (Å²) in [4.78, 5) is 14.7. The van der Waals surface area contributed by atoms with Crippen molar-refractivity contribution in [3.05, 3.63) is 46.2 Å². The molecule has 0 saturated carbocycles. The zero-order valence-electron chi connectivity index (χ0n) is 13.4. The van der Waals surface area contributed by atoms with Gasteiger partial charge in [-0.05, 0) is 63.0 Å². The van der Waals surface area contributed by atoms with Crippen molar-refractivity contribution in [1.82, 2.24) is 19.8 Å². The van der Waals surface area contributed by atoms with Crippen molar-refractivity contribution in [1.29, 1.82) is 0 Å². The molecular weight excluding hydrogens is 292 g/mol. The average Bonchev–Trinajstić information content (AvgIpc) is 3.20. The first-order chi connectivity index (χ1) is 10.7. The van der Waals surface area contributed by atoms with Crippen LogP contribution in [-0.2, 0) is 13.1 Å². The molecule has 0 unspecified atom stereocenters. The zero-order chi connectivity index (χ0) is 15.4. The van der Waals surface area contributed by atoms with Gasteiger partial charge in [0.2, 0.25) is 0 Å². The Kier molecular flexibility index (Phi) is 5.18. The van der Waals surface area contributed by atoms with Gasteiger partial charge in [-0.3, -0.25) is 9.80 Å². The minimum Gasteiger partial charge on any atom is -0.299 e. The monoisotopic (exact) mass is 316 g/mol. The van der Waals surface area contributed by atoms with Crippen LogP contribution in [0.3, 0.4) is 0 Å². The van der Waals surface area contributed by atoms with E-state index in [4.69, 9.17) is 0 Å². The van der Waals surface area contributed by atoms with Gasteiger partial charge in [0, 0.05) is 30.2 Å². The molecule has 0 radical (unpaired) electrons. The first-order valence-electron chi connectivity index (χ1n) is 7.97. The van der Waals surface area contributed by atoms with Crippen LogP contribution < -0.4 is 0 Å². The smallest absolute Gasteiger partial charge is 0.115 e. The van der Waals surface area contributed by atoms with Crippen LogP contribution in [0.1, 0.15) is 41.9 Å². The number of hydrogen-bond acceptors (Lipinski definition) is 5. The Balaban J connectivity index is 1.57. The third-order valence-electron chi connectivity index (χ3n) is 4.41. The molecule has 3 heterocycles. The highest BCUT2D eigenvalue weighted by Crippen LogP contribution is 2.23. The van der Waals surface area contributed by atoms with E-state index in [0.29, 0.717) is 6.04 Å². The Morgan fingerprint density at radius 2 is 2.18 bits per heavy atom. The van der Waals surface area contributed by atoms with E-state index in [2.05, 4.69) is 45.2 Å². The molecule has 118 valence electrons. The van der Waals surface area contributed by atoms with Crippen molar-refractivity contribution in [2.75, 3.05) is 20.1 Å². The summed E-state index contributed by atoms with van der Waals surface area (Å²) >= 11 is 1.87. The first-order valence-corrected chi connectivity index (χ1v) is 8.85. The lowest BCUT2D eigenvalue weighted by molar-refractivity contribution is 0.250. The topological polar surface area (TPSA) is 32.3 Å². The lowest BCUT2D eigenvalue weighted by atomic mass is 10.2. The van der Waals surface area contributed by atoms with Crippen LogP contribution in [0.25, 0.3) is 0 Å². The lowest BCUT2D eigenvalue weighted by Crippen LogP contribution is -2.22. The zero-order valence-corrected chi connectivity index (χ0v) is 14.2. The van der Waals surface area contributed by atoms with E-state index in [0.717, 1.165) is 18.8 Å². The van der Waals surface area contributed by atoms with Crippen molar-refractivity contribution in [2.24, 2.45) is 0 Å². The van der Waals surface area contributed by atoms with E-state index in [1.54, 1.807) is 6.33 Å². The fraction of sp³-hybridized carbons (Fsp3) is 0.529. The van der Waals surface area contributed by atoms with Crippen molar-refractivity contribution in [2.45, 2.75) is 38.9 Å². The third-order valence-corrected chi connectivity index (χ3v) is 5.38. The average molecular weight is 316 g/mol. The molecule has 1 aliphatic rings. The maximum absolute atomic E-state index is 4.36. The molecule has 1 fully saturated rings. The van der Waals surface area contributed by atoms with Gasteiger partial charge in [-0.1, -0.05) is 0 Å². The molecule has 4 nitrogen and oxygen atoms in total. The largest absolute Gasteiger partial charge is 0.299 e. The van der Waals surface area contributed by atoms with E-state index in [-0.39, 0.29) is 0 Å². The lowest BCUT2D eigenvalue weighted by Gasteiger charge is -2.23. The fourth-order valence-electron chi connectivity index (χ4n) is 2.95. The molecule has 1 saturated heterocycles. The molecule has 0 bridgehead atoms. The third kappa shape index (κ3) is 3.91. The molecule has 1 atom stereocenters. The summed E-state index contributed by atoms with van der Waals surface area (Å²) in [5.41, 5.74) is 2.54. The van der Waals surface area contributed by atoms with Gasteiger partial charge in [-0.2, -0.15) is 0 Å². The van der Waals surface area contributed by atoms with Gasteiger partial charge >= 0.3 is 0 Å². The molecule has 0 aliphatic carbocycles. The second kappa shape index (κ2) is 7.31. The van der Waals surface area contributed by atoms with Gasteiger partial charge in [-0.25, -0.2) is 9.97 Å². The molecule has 1 aliphatic heterocycles. The highest BCUT2D eigenvalue weighted by Gasteiger charge is 2.15. The summed E-state index contributed by atoms with van der Waals surface area (Å²) in [6.07, 6.45) is 6.15. The van der Waals surface area contributed by atoms with Crippen LogP contribution in [-0.4, -0.2) is 39.9 Å². The SMILES string of the molecule is C[C@@H](c1ccncn1)N(C)Cc1cc(CN2CCCC2)cs1. The molecule has 3 rings (SSSR count). The summed E-state index contributed by atoms with van der Waals surface area (Å²) in [6, 6.07) is 4.66. The predicted molar refractivity (Wildman–Crippen MR) is 90.7 cm³/mol. The van der Waals surface area contributed by atoms with Crippen LogP contribution in [0, 0.1) is 0 Å². The summed E-state index contributed by atoms with van der Waals surface area (Å²) in [7, 11) is 2.16. The standard InChI is InChI=1S/C17H24N4S/c1-14(17-5-6-18-13-19-17)20(2)11-16-9-15(12-22-16)10-21-7-3-4-8-21/h5-6,9,12-14H,3-4,7-8,10-11H2,1-2H3/t14-/m0/s1. The summed E-state index contributed by atoms with van der Waals surface area (Å²) in [6.45, 7) is 6.80. The van der Waals surface area contributed by atoms with Crippen molar-refractivity contribution >= 4 is 11.3 Å². The van der Waals surface area contributed by atoms with Crippen LogP contribution >= 0.6 is 11.3 Å². The van der Waals surface area contributed by atoms with Gasteiger partial charge < -0.3 is 0 Å². The minimum absolute atomic E-state index is 0.298. The molecule has 2 aromatic rings. The Bertz CT molecular complexity index is 577. The first kappa shape index (κ1) is 15.6. The number of likely N-dealkylation sites (tertiary alicyclic amines) is 1. The van der Waals surface area contributed by atoms with Crippen LogP contribution in [0.4, 0.5) is 0 Å². The van der Waals surface area contributed by atoms with Gasteiger partial charge in [0.25, 0.3) is 0 Å². The predicted octanol–water partition coefficient (Wildman–Crippen LogP) is 3.33. The Morgan fingerprint density at radius 3 is 2.91 bits per heavy atom. The quantitative estimate of drug-likeness (QED) is 0.818. The van der Waals surface area contributed by atoms with E-state index in [1.165, 1.54) is 36.4 Å². The fourth-order valence-corrected chi connectivity index (χ4v) is 3.89. The van der Waals surface area contributed by atoms with Gasteiger partial charge in [0.1, 0.15) is 6.33 Å². The number of rotatable bonds is 6. The van der Waals surface area contributed by atoms with Crippen molar-refractivity contribution < 1.29 is 0 Å². The normalized spacial score (nSPS) is 17.2. The number of aromatic nitrogens is 2. The number of thiophene rings is 1. The highest BCUT2D eigenvalue weighted by atomic mass is 32.1. The maximum Gasteiger partial charge on any atom is 0.115 e. The molecule has 22 heavy (non-hydrogen) atoms. The number of hydrogen-bond donors (Lipinski definition) is 0. The second-order valence-electron chi connectivity index (χ2n) is 6.13. The Morgan fingerprint density at radius 1 is 1.36 bits per heavy atom. The molecule has 2 aromatic heterocycles. The van der Waals surface area contributed by atoms with Crippen molar-refractivity contribution in [3.8, 4) is 0 Å². The van der Waals surface area contributed by atoms with Gasteiger partial charge in [0.05, 0.1) is 5.69 Å².